The van der Waals surface area contributed by atoms with E-state index >= 15 is 0 Å². The van der Waals surface area contributed by atoms with E-state index in [1.54, 1.807) is 7.05 Å². The van der Waals surface area contributed by atoms with Gasteiger partial charge in [-0.3, -0.25) is 14.9 Å². The fraction of sp³-hybridized carbons (Fsp3) is 0.200. The van der Waals surface area contributed by atoms with E-state index in [1.165, 1.54) is 23.5 Å². The molecular formula is C15H15N3O5S. The lowest BCUT2D eigenvalue weighted by Crippen LogP contribution is -2.28. The molecule has 0 saturated carbocycles. The summed E-state index contributed by atoms with van der Waals surface area (Å²) >= 11 is 1.50. The second-order valence-electron chi connectivity index (χ2n) is 4.67. The molecular weight excluding hydrogens is 334 g/mol. The van der Waals surface area contributed by atoms with Gasteiger partial charge < -0.3 is 15.4 Å². The molecule has 0 bridgehead atoms. The van der Waals surface area contributed by atoms with E-state index in [2.05, 4.69) is 10.6 Å². The second-order valence-corrected chi connectivity index (χ2v) is 5.70. The van der Waals surface area contributed by atoms with E-state index < -0.39 is 23.4 Å². The van der Waals surface area contributed by atoms with Gasteiger partial charge in [0.1, 0.15) is 0 Å². The van der Waals surface area contributed by atoms with Crippen LogP contribution in [0.1, 0.15) is 15.2 Å². The summed E-state index contributed by atoms with van der Waals surface area (Å²) in [7, 11) is 1.58. The highest BCUT2D eigenvalue weighted by molar-refractivity contribution is 7.09. The molecule has 0 aliphatic carbocycles. The van der Waals surface area contributed by atoms with E-state index in [1.807, 2.05) is 17.5 Å². The first-order chi connectivity index (χ1) is 11.5. The summed E-state index contributed by atoms with van der Waals surface area (Å²) < 4.78 is 4.93. The van der Waals surface area contributed by atoms with Gasteiger partial charge in [-0.15, -0.1) is 11.3 Å². The Labute approximate surface area is 141 Å². The highest BCUT2D eigenvalue weighted by Gasteiger charge is 2.18. The van der Waals surface area contributed by atoms with Gasteiger partial charge in [0, 0.05) is 29.7 Å². The lowest BCUT2D eigenvalue weighted by atomic mass is 10.1. The quantitative estimate of drug-likeness (QED) is 0.450. The summed E-state index contributed by atoms with van der Waals surface area (Å²) in [6.45, 7) is -0.108. The molecule has 0 fully saturated rings. The average Bonchev–Trinajstić information content (AvgIpc) is 3.10. The fourth-order valence-electron chi connectivity index (χ4n) is 1.89. The van der Waals surface area contributed by atoms with Crippen LogP contribution in [-0.4, -0.2) is 30.5 Å². The number of ether oxygens (including phenoxy) is 1. The molecule has 1 aromatic carbocycles. The fourth-order valence-corrected chi connectivity index (χ4v) is 2.54. The van der Waals surface area contributed by atoms with Crippen molar-refractivity contribution in [3.63, 3.8) is 0 Å². The maximum atomic E-state index is 12.1. The van der Waals surface area contributed by atoms with Crippen LogP contribution < -0.4 is 10.6 Å². The number of non-ortho nitro benzene ring substituents is 1. The first-order valence-electron chi connectivity index (χ1n) is 6.93. The molecule has 0 saturated heterocycles. The molecule has 0 atom stereocenters. The van der Waals surface area contributed by atoms with Crippen LogP contribution in [0.3, 0.4) is 0 Å². The standard InChI is InChI=1S/C15H15N3O5S/c1-16-13-5-4-10(18(21)22)7-12(13)15(20)23-9-14(19)17-8-11-3-2-6-24-11/h2-7,16H,8-9H2,1H3,(H,17,19). The van der Waals surface area contributed by atoms with Gasteiger partial charge in [0.05, 0.1) is 17.0 Å². The highest BCUT2D eigenvalue weighted by atomic mass is 32.1. The van der Waals surface area contributed by atoms with Crippen LogP contribution >= 0.6 is 11.3 Å². The maximum Gasteiger partial charge on any atom is 0.341 e. The molecule has 1 aromatic heterocycles. The summed E-state index contributed by atoms with van der Waals surface area (Å²) in [6, 6.07) is 7.53. The minimum Gasteiger partial charge on any atom is -0.452 e. The van der Waals surface area contributed by atoms with Gasteiger partial charge in [-0.1, -0.05) is 6.07 Å². The maximum absolute atomic E-state index is 12.1. The third-order valence-electron chi connectivity index (χ3n) is 3.08. The van der Waals surface area contributed by atoms with E-state index in [-0.39, 0.29) is 11.3 Å². The summed E-state index contributed by atoms with van der Waals surface area (Å²) in [4.78, 5) is 34.9. The number of nitro benzene ring substituents is 1. The molecule has 0 radical (unpaired) electrons. The predicted molar refractivity (Wildman–Crippen MR) is 89.1 cm³/mol. The predicted octanol–water partition coefficient (Wildman–Crippen LogP) is 2.17. The number of nitro groups is 1. The molecule has 126 valence electrons. The summed E-state index contributed by atoms with van der Waals surface area (Å²) in [5.74, 6) is -1.26. The molecule has 2 aromatic rings. The Hall–Kier alpha value is -2.94. The number of nitrogens with one attached hydrogen (secondary N) is 2. The molecule has 2 N–H and O–H groups in total. The van der Waals surface area contributed by atoms with Crippen LogP contribution in [-0.2, 0) is 16.1 Å². The molecule has 1 heterocycles. The number of benzene rings is 1. The van der Waals surface area contributed by atoms with Crippen LogP contribution in [0.4, 0.5) is 11.4 Å². The van der Waals surface area contributed by atoms with E-state index in [9.17, 15) is 19.7 Å². The zero-order chi connectivity index (χ0) is 17.5. The first kappa shape index (κ1) is 17.4. The van der Waals surface area contributed by atoms with Crippen LogP contribution in [0.2, 0.25) is 0 Å². The topological polar surface area (TPSA) is 111 Å². The zero-order valence-electron chi connectivity index (χ0n) is 12.8. The van der Waals surface area contributed by atoms with E-state index in [0.717, 1.165) is 10.9 Å². The lowest BCUT2D eigenvalue weighted by Gasteiger charge is -2.09. The number of hydrogen-bond acceptors (Lipinski definition) is 7. The molecule has 24 heavy (non-hydrogen) atoms. The number of rotatable bonds is 7. The third-order valence-corrected chi connectivity index (χ3v) is 3.95. The van der Waals surface area contributed by atoms with Crippen LogP contribution in [0.5, 0.6) is 0 Å². The smallest absolute Gasteiger partial charge is 0.341 e. The lowest BCUT2D eigenvalue weighted by molar-refractivity contribution is -0.384. The van der Waals surface area contributed by atoms with Gasteiger partial charge >= 0.3 is 5.97 Å². The van der Waals surface area contributed by atoms with Crippen molar-refractivity contribution in [1.82, 2.24) is 5.32 Å². The van der Waals surface area contributed by atoms with Crippen molar-refractivity contribution in [3.05, 3.63) is 56.3 Å². The Morgan fingerprint density at radius 2 is 2.12 bits per heavy atom. The SMILES string of the molecule is CNc1ccc([N+](=O)[O-])cc1C(=O)OCC(=O)NCc1cccs1. The molecule has 0 aliphatic heterocycles. The van der Waals surface area contributed by atoms with Gasteiger partial charge in [0.25, 0.3) is 11.6 Å². The van der Waals surface area contributed by atoms with Gasteiger partial charge in [-0.25, -0.2) is 4.79 Å². The van der Waals surface area contributed by atoms with Crippen molar-refractivity contribution >= 4 is 34.6 Å². The Morgan fingerprint density at radius 1 is 1.33 bits per heavy atom. The Kier molecular flexibility index (Phi) is 5.85. The number of carbonyl (C=O) groups excluding carboxylic acids is 2. The van der Waals surface area contributed by atoms with Gasteiger partial charge in [0.15, 0.2) is 6.61 Å². The highest BCUT2D eigenvalue weighted by Crippen LogP contribution is 2.22. The van der Waals surface area contributed by atoms with Crippen molar-refractivity contribution in [2.45, 2.75) is 6.54 Å². The molecule has 0 aliphatic rings. The normalized spacial score (nSPS) is 10.0. The van der Waals surface area contributed by atoms with Crippen molar-refractivity contribution in [1.29, 1.82) is 0 Å². The number of anilines is 1. The number of nitrogens with zero attached hydrogens (tertiary/aromatic N) is 1. The minimum absolute atomic E-state index is 0.00208. The molecule has 8 nitrogen and oxygen atoms in total. The summed E-state index contributed by atoms with van der Waals surface area (Å²) in [5, 5.41) is 18.1. The Balaban J connectivity index is 1.95. The van der Waals surface area contributed by atoms with Gasteiger partial charge in [0.2, 0.25) is 0 Å². The average molecular weight is 349 g/mol. The minimum atomic E-state index is -0.811. The molecule has 0 spiro atoms. The van der Waals surface area contributed by atoms with Gasteiger partial charge in [-0.05, 0) is 17.5 Å². The summed E-state index contributed by atoms with van der Waals surface area (Å²) in [6.07, 6.45) is 0. The number of carbonyl (C=O) groups is 2. The molecule has 1 amide bonds. The number of hydrogen-bond donors (Lipinski definition) is 2. The van der Waals surface area contributed by atoms with Crippen LogP contribution in [0.15, 0.2) is 35.7 Å². The summed E-state index contributed by atoms with van der Waals surface area (Å²) in [5.41, 5.74) is 0.144. The monoisotopic (exact) mass is 349 g/mol. The number of thiophene rings is 1. The number of amides is 1. The van der Waals surface area contributed by atoms with E-state index in [4.69, 9.17) is 4.74 Å². The third kappa shape index (κ3) is 4.53. The van der Waals surface area contributed by atoms with Crippen LogP contribution in [0.25, 0.3) is 0 Å². The first-order valence-corrected chi connectivity index (χ1v) is 7.81. The Morgan fingerprint density at radius 3 is 2.75 bits per heavy atom. The van der Waals surface area contributed by atoms with Crippen molar-refractivity contribution in [3.8, 4) is 0 Å². The van der Waals surface area contributed by atoms with Gasteiger partial charge in [-0.2, -0.15) is 0 Å². The zero-order valence-corrected chi connectivity index (χ0v) is 13.6. The van der Waals surface area contributed by atoms with Crippen LogP contribution in [0, 0.1) is 10.1 Å². The van der Waals surface area contributed by atoms with Crippen molar-refractivity contribution in [2.75, 3.05) is 19.0 Å². The molecule has 9 heteroatoms. The number of esters is 1. The van der Waals surface area contributed by atoms with E-state index in [0.29, 0.717) is 12.2 Å². The van der Waals surface area contributed by atoms with Crippen molar-refractivity contribution in [2.24, 2.45) is 0 Å². The van der Waals surface area contributed by atoms with Crippen molar-refractivity contribution < 1.29 is 19.2 Å². The second kappa shape index (κ2) is 8.06. The molecule has 0 unspecified atom stereocenters. The largest absolute Gasteiger partial charge is 0.452 e. The Bertz CT molecular complexity index is 746. The molecule has 2 rings (SSSR count).